The van der Waals surface area contributed by atoms with E-state index in [1.165, 1.54) is 0 Å². The van der Waals surface area contributed by atoms with Gasteiger partial charge in [-0.3, -0.25) is 9.69 Å². The molecule has 4 nitrogen and oxygen atoms in total. The number of aliphatic carboxylic acids is 1. The van der Waals surface area contributed by atoms with Gasteiger partial charge in [-0.05, 0) is 19.4 Å². The van der Waals surface area contributed by atoms with E-state index in [1.54, 1.807) is 11.0 Å². The molecule has 0 saturated heterocycles. The molecule has 0 saturated carbocycles. The monoisotopic (exact) mass is 196 g/mol. The number of carboxylic acids is 1. The highest BCUT2D eigenvalue weighted by Crippen LogP contribution is 1.98. The molecule has 0 aromatic rings. The van der Waals surface area contributed by atoms with Gasteiger partial charge in [0, 0.05) is 13.0 Å². The largest absolute Gasteiger partial charge is 0.480 e. The highest BCUT2D eigenvalue weighted by Gasteiger charge is 2.06. The Balaban J connectivity index is 3.67. The normalized spacial score (nSPS) is 9.71. The lowest BCUT2D eigenvalue weighted by Crippen LogP contribution is -2.30. The Hall–Kier alpha value is -1.34. The van der Waals surface area contributed by atoms with Gasteiger partial charge in [0.2, 0.25) is 0 Å². The van der Waals surface area contributed by atoms with Crippen LogP contribution in [0.1, 0.15) is 19.3 Å². The van der Waals surface area contributed by atoms with Gasteiger partial charge < -0.3 is 5.11 Å². The fraction of sp³-hybridized carbons (Fsp3) is 0.600. The number of carbonyl (C=O) groups is 1. The quantitative estimate of drug-likeness (QED) is 0.469. The average molecular weight is 196 g/mol. The molecular formula is C10H16N2O2. The van der Waals surface area contributed by atoms with E-state index >= 15 is 0 Å². The SMILES string of the molecule is C=CCN(CCCCC#N)CC(=O)O. The molecular weight excluding hydrogens is 180 g/mol. The Kier molecular flexibility index (Phi) is 7.48. The number of hydrogen-bond acceptors (Lipinski definition) is 3. The molecule has 4 heteroatoms. The molecule has 0 aromatic carbocycles. The molecule has 0 rings (SSSR count). The van der Waals surface area contributed by atoms with Crippen LogP contribution < -0.4 is 0 Å². The number of carboxylic acid groups (broad SMARTS) is 1. The zero-order valence-corrected chi connectivity index (χ0v) is 8.28. The Morgan fingerprint density at radius 2 is 2.29 bits per heavy atom. The van der Waals surface area contributed by atoms with Crippen LogP contribution in [-0.2, 0) is 4.79 Å². The van der Waals surface area contributed by atoms with Crippen molar-refractivity contribution in [2.24, 2.45) is 0 Å². The summed E-state index contributed by atoms with van der Waals surface area (Å²) in [6.07, 6.45) is 3.90. The molecule has 0 spiro atoms. The van der Waals surface area contributed by atoms with Gasteiger partial charge in [0.1, 0.15) is 0 Å². The van der Waals surface area contributed by atoms with Crippen molar-refractivity contribution in [3.63, 3.8) is 0 Å². The molecule has 0 fully saturated rings. The number of rotatable bonds is 8. The maximum absolute atomic E-state index is 10.4. The highest BCUT2D eigenvalue weighted by molar-refractivity contribution is 5.69. The molecule has 0 amide bonds. The Labute approximate surface area is 84.4 Å². The van der Waals surface area contributed by atoms with Gasteiger partial charge in [-0.25, -0.2) is 0 Å². The van der Waals surface area contributed by atoms with Crippen molar-refractivity contribution >= 4 is 5.97 Å². The van der Waals surface area contributed by atoms with E-state index in [4.69, 9.17) is 10.4 Å². The maximum atomic E-state index is 10.4. The predicted molar refractivity (Wildman–Crippen MR) is 53.7 cm³/mol. The van der Waals surface area contributed by atoms with Gasteiger partial charge in [-0.15, -0.1) is 6.58 Å². The van der Waals surface area contributed by atoms with E-state index < -0.39 is 5.97 Å². The number of hydrogen-bond donors (Lipinski definition) is 1. The third-order valence-electron chi connectivity index (χ3n) is 1.76. The van der Waals surface area contributed by atoms with Crippen molar-refractivity contribution in [3.05, 3.63) is 12.7 Å². The van der Waals surface area contributed by atoms with Gasteiger partial charge in [0.25, 0.3) is 0 Å². The number of unbranched alkanes of at least 4 members (excludes halogenated alkanes) is 2. The first kappa shape index (κ1) is 12.7. The van der Waals surface area contributed by atoms with Crippen LogP contribution in [0.4, 0.5) is 0 Å². The van der Waals surface area contributed by atoms with Crippen LogP contribution in [-0.4, -0.2) is 35.6 Å². The lowest BCUT2D eigenvalue weighted by molar-refractivity contribution is -0.138. The summed E-state index contributed by atoms with van der Waals surface area (Å²) in [7, 11) is 0. The molecule has 14 heavy (non-hydrogen) atoms. The van der Waals surface area contributed by atoms with Crippen molar-refractivity contribution in [2.75, 3.05) is 19.6 Å². The fourth-order valence-electron chi connectivity index (χ4n) is 1.15. The first-order valence-corrected chi connectivity index (χ1v) is 4.62. The fourth-order valence-corrected chi connectivity index (χ4v) is 1.15. The van der Waals surface area contributed by atoms with Gasteiger partial charge in [0.15, 0.2) is 0 Å². The summed E-state index contributed by atoms with van der Waals surface area (Å²) in [6.45, 7) is 4.90. The van der Waals surface area contributed by atoms with Gasteiger partial charge in [-0.1, -0.05) is 6.08 Å². The lowest BCUT2D eigenvalue weighted by Gasteiger charge is -2.17. The van der Waals surface area contributed by atoms with Crippen molar-refractivity contribution in [1.29, 1.82) is 5.26 Å². The summed E-state index contributed by atoms with van der Waals surface area (Å²) in [4.78, 5) is 12.2. The molecule has 0 radical (unpaired) electrons. The molecule has 0 aliphatic rings. The van der Waals surface area contributed by atoms with E-state index in [9.17, 15) is 4.79 Å². The van der Waals surface area contributed by atoms with Crippen molar-refractivity contribution in [1.82, 2.24) is 4.90 Å². The summed E-state index contributed by atoms with van der Waals surface area (Å²) < 4.78 is 0. The zero-order chi connectivity index (χ0) is 10.8. The van der Waals surface area contributed by atoms with Crippen molar-refractivity contribution < 1.29 is 9.90 Å². The van der Waals surface area contributed by atoms with Crippen LogP contribution in [0.2, 0.25) is 0 Å². The van der Waals surface area contributed by atoms with E-state index in [0.29, 0.717) is 19.5 Å². The summed E-state index contributed by atoms with van der Waals surface area (Å²) in [6, 6.07) is 2.06. The van der Waals surface area contributed by atoms with Crippen LogP contribution in [0.15, 0.2) is 12.7 Å². The predicted octanol–water partition coefficient (Wildman–Crippen LogP) is 1.25. The van der Waals surface area contributed by atoms with Crippen molar-refractivity contribution in [3.8, 4) is 6.07 Å². The zero-order valence-electron chi connectivity index (χ0n) is 8.28. The molecule has 1 N–H and O–H groups in total. The Morgan fingerprint density at radius 3 is 2.79 bits per heavy atom. The molecule has 0 heterocycles. The highest BCUT2D eigenvalue weighted by atomic mass is 16.4. The topological polar surface area (TPSA) is 64.3 Å². The van der Waals surface area contributed by atoms with Crippen LogP contribution >= 0.6 is 0 Å². The van der Waals surface area contributed by atoms with Crippen molar-refractivity contribution in [2.45, 2.75) is 19.3 Å². The van der Waals surface area contributed by atoms with Crippen LogP contribution in [0.25, 0.3) is 0 Å². The van der Waals surface area contributed by atoms with Crippen LogP contribution in [0.3, 0.4) is 0 Å². The number of nitrogens with zero attached hydrogens (tertiary/aromatic N) is 2. The smallest absolute Gasteiger partial charge is 0.317 e. The number of nitriles is 1. The second kappa shape index (κ2) is 8.27. The first-order valence-electron chi connectivity index (χ1n) is 4.62. The minimum atomic E-state index is -0.827. The van der Waals surface area contributed by atoms with Crippen LogP contribution in [0.5, 0.6) is 0 Å². The average Bonchev–Trinajstić information content (AvgIpc) is 2.12. The van der Waals surface area contributed by atoms with Gasteiger partial charge in [-0.2, -0.15) is 5.26 Å². The molecule has 78 valence electrons. The lowest BCUT2D eigenvalue weighted by atomic mass is 10.2. The summed E-state index contributed by atoms with van der Waals surface area (Å²) in [5.74, 6) is -0.827. The molecule has 0 bridgehead atoms. The Bertz CT molecular complexity index is 221. The van der Waals surface area contributed by atoms with Gasteiger partial charge >= 0.3 is 5.97 Å². The van der Waals surface area contributed by atoms with Crippen LogP contribution in [0, 0.1) is 11.3 Å². The van der Waals surface area contributed by atoms with Gasteiger partial charge in [0.05, 0.1) is 12.6 Å². The standard InChI is InChI=1S/C10H16N2O2/c1-2-7-12(9-10(13)14)8-5-3-4-6-11/h2H,1,3-5,7-9H2,(H,13,14). The summed E-state index contributed by atoms with van der Waals surface area (Å²) >= 11 is 0. The maximum Gasteiger partial charge on any atom is 0.317 e. The molecule has 0 atom stereocenters. The molecule has 0 aliphatic carbocycles. The summed E-state index contributed by atoms with van der Waals surface area (Å²) in [5, 5.41) is 16.9. The minimum absolute atomic E-state index is 0.0403. The van der Waals surface area contributed by atoms with E-state index in [2.05, 4.69) is 12.6 Å². The molecule has 0 unspecified atom stereocenters. The van der Waals surface area contributed by atoms with E-state index in [1.807, 2.05) is 0 Å². The minimum Gasteiger partial charge on any atom is -0.480 e. The Morgan fingerprint density at radius 1 is 1.57 bits per heavy atom. The molecule has 0 aromatic heterocycles. The first-order chi connectivity index (χ1) is 6.70. The van der Waals surface area contributed by atoms with E-state index in [-0.39, 0.29) is 6.54 Å². The second-order valence-electron chi connectivity index (χ2n) is 3.03. The molecule has 0 aliphatic heterocycles. The third-order valence-corrected chi connectivity index (χ3v) is 1.76. The summed E-state index contributed by atoms with van der Waals surface area (Å²) in [5.41, 5.74) is 0. The second-order valence-corrected chi connectivity index (χ2v) is 3.03. The third kappa shape index (κ3) is 7.32. The van der Waals surface area contributed by atoms with E-state index in [0.717, 1.165) is 12.8 Å².